The molecule has 2 heterocycles. The number of esters is 1. The van der Waals surface area contributed by atoms with E-state index in [2.05, 4.69) is 22.4 Å². The van der Waals surface area contributed by atoms with Crippen LogP contribution in [0.3, 0.4) is 0 Å². The third-order valence-corrected chi connectivity index (χ3v) is 4.43. The third-order valence-electron chi connectivity index (χ3n) is 3.66. The van der Waals surface area contributed by atoms with Gasteiger partial charge in [-0.15, -0.1) is 11.3 Å². The molecular weight excluding hydrogens is 342 g/mol. The lowest BCUT2D eigenvalue weighted by Crippen LogP contribution is -2.09. The lowest BCUT2D eigenvalue weighted by molar-refractivity contribution is -0.384. The molecule has 0 fully saturated rings. The number of non-ortho nitro benzene ring substituents is 1. The van der Waals surface area contributed by atoms with Crippen molar-refractivity contribution in [3.63, 3.8) is 0 Å². The molecule has 7 nitrogen and oxygen atoms in total. The average Bonchev–Trinajstić information content (AvgIpc) is 3.21. The Bertz CT molecular complexity index is 985. The SMILES string of the molecule is O=C1O[C@@H](Nc2nc(-c3cccc([N+](=O)[O-])c3)cs2)c2ccc#cc21. The van der Waals surface area contributed by atoms with Crippen molar-refractivity contribution < 1.29 is 14.5 Å². The second-order valence-electron chi connectivity index (χ2n) is 5.21. The Morgan fingerprint density at radius 3 is 3.08 bits per heavy atom. The van der Waals surface area contributed by atoms with Crippen LogP contribution >= 0.6 is 11.3 Å². The van der Waals surface area contributed by atoms with Crippen molar-refractivity contribution in [1.82, 2.24) is 4.98 Å². The van der Waals surface area contributed by atoms with Gasteiger partial charge < -0.3 is 10.1 Å². The highest BCUT2D eigenvalue weighted by Gasteiger charge is 2.31. The fourth-order valence-corrected chi connectivity index (χ4v) is 3.23. The molecule has 0 radical (unpaired) electrons. The topological polar surface area (TPSA) is 94.4 Å². The molecule has 0 amide bonds. The van der Waals surface area contributed by atoms with E-state index in [0.29, 0.717) is 27.5 Å². The number of cyclic esters (lactones) is 1. The van der Waals surface area contributed by atoms with Crippen LogP contribution in [0.5, 0.6) is 0 Å². The Labute approximate surface area is 146 Å². The number of fused-ring (bicyclic) bond motifs is 1. The maximum atomic E-state index is 11.8. The monoisotopic (exact) mass is 351 g/mol. The Hall–Kier alpha value is -3.44. The van der Waals surface area contributed by atoms with Gasteiger partial charge in [0.1, 0.15) is 5.56 Å². The van der Waals surface area contributed by atoms with Gasteiger partial charge in [-0.2, -0.15) is 0 Å². The summed E-state index contributed by atoms with van der Waals surface area (Å²) >= 11 is 1.32. The lowest BCUT2D eigenvalue weighted by atomic mass is 10.1. The summed E-state index contributed by atoms with van der Waals surface area (Å²) in [6.45, 7) is 0. The van der Waals surface area contributed by atoms with Gasteiger partial charge in [-0.05, 0) is 12.1 Å². The Morgan fingerprint density at radius 1 is 1.36 bits per heavy atom. The van der Waals surface area contributed by atoms with Crippen LogP contribution in [0.2, 0.25) is 0 Å². The standard InChI is InChI=1S/C17H9N3O4S/c21-16-13-7-2-1-6-12(13)15(24-16)19-17-18-14(9-25-17)10-4-3-5-11(8-10)20(22)23/h1,3-6,8-9,15H,(H,18,19)/t15-/m1/s1. The zero-order chi connectivity index (χ0) is 17.4. The highest BCUT2D eigenvalue weighted by Crippen LogP contribution is 2.33. The van der Waals surface area contributed by atoms with Gasteiger partial charge in [0, 0.05) is 28.6 Å². The number of ether oxygens (including phenoxy) is 1. The fraction of sp³-hybridized carbons (Fsp3) is 0.0588. The molecule has 1 aromatic heterocycles. The molecule has 122 valence electrons. The molecule has 1 N–H and O–H groups in total. The molecule has 1 aliphatic heterocycles. The minimum atomic E-state index is -0.641. The normalized spacial score (nSPS) is 15.2. The molecule has 3 aromatic rings. The first-order valence-corrected chi connectivity index (χ1v) is 8.10. The Morgan fingerprint density at radius 2 is 2.24 bits per heavy atom. The molecule has 0 bridgehead atoms. The Balaban J connectivity index is 1.58. The highest BCUT2D eigenvalue weighted by molar-refractivity contribution is 7.14. The summed E-state index contributed by atoms with van der Waals surface area (Å²) in [7, 11) is 0. The summed E-state index contributed by atoms with van der Waals surface area (Å²) in [6.07, 6.45) is -0.641. The van der Waals surface area contributed by atoms with E-state index in [1.165, 1.54) is 23.5 Å². The summed E-state index contributed by atoms with van der Waals surface area (Å²) in [5.41, 5.74) is 2.29. The maximum absolute atomic E-state index is 11.8. The number of nitrogens with zero attached hydrogens (tertiary/aromatic N) is 2. The van der Waals surface area contributed by atoms with E-state index in [-0.39, 0.29) is 5.69 Å². The van der Waals surface area contributed by atoms with E-state index in [0.717, 1.165) is 0 Å². The predicted octanol–water partition coefficient (Wildman–Crippen LogP) is 3.60. The molecule has 0 saturated carbocycles. The first kappa shape index (κ1) is 15.1. The van der Waals surface area contributed by atoms with Gasteiger partial charge in [0.2, 0.25) is 6.23 Å². The molecule has 8 heteroatoms. The average molecular weight is 351 g/mol. The number of rotatable bonds is 4. The van der Waals surface area contributed by atoms with Crippen LogP contribution in [-0.4, -0.2) is 15.9 Å². The maximum Gasteiger partial charge on any atom is 0.349 e. The third kappa shape index (κ3) is 2.77. The highest BCUT2D eigenvalue weighted by atomic mass is 32.1. The van der Waals surface area contributed by atoms with E-state index >= 15 is 0 Å². The van der Waals surface area contributed by atoms with Crippen molar-refractivity contribution in [2.24, 2.45) is 0 Å². The van der Waals surface area contributed by atoms with Gasteiger partial charge in [0.25, 0.3) is 5.69 Å². The zero-order valence-electron chi connectivity index (χ0n) is 12.6. The first-order chi connectivity index (χ1) is 12.1. The van der Waals surface area contributed by atoms with Crippen LogP contribution in [0.1, 0.15) is 22.1 Å². The number of hydrogen-bond acceptors (Lipinski definition) is 7. The second kappa shape index (κ2) is 5.89. The first-order valence-electron chi connectivity index (χ1n) is 7.22. The van der Waals surface area contributed by atoms with Crippen molar-refractivity contribution in [1.29, 1.82) is 0 Å². The number of hydrogen-bond donors (Lipinski definition) is 1. The van der Waals surface area contributed by atoms with E-state index in [1.54, 1.807) is 29.6 Å². The molecule has 4 rings (SSSR count). The van der Waals surface area contributed by atoms with Crippen LogP contribution in [0.4, 0.5) is 10.8 Å². The number of nitro groups is 1. The summed E-state index contributed by atoms with van der Waals surface area (Å²) in [5, 5.41) is 16.3. The molecule has 1 atom stereocenters. The van der Waals surface area contributed by atoms with Crippen LogP contribution in [0.15, 0.2) is 41.8 Å². The molecule has 0 spiro atoms. The molecular formula is C17H9N3O4S. The van der Waals surface area contributed by atoms with Gasteiger partial charge >= 0.3 is 5.97 Å². The van der Waals surface area contributed by atoms with E-state index < -0.39 is 17.1 Å². The molecule has 0 saturated heterocycles. The number of nitro benzene ring substituents is 1. The molecule has 1 aliphatic rings. The molecule has 0 aliphatic carbocycles. The van der Waals surface area contributed by atoms with Crippen LogP contribution in [0, 0.1) is 22.2 Å². The minimum Gasteiger partial charge on any atom is -0.433 e. The van der Waals surface area contributed by atoms with Crippen LogP contribution in [-0.2, 0) is 4.74 Å². The second-order valence-corrected chi connectivity index (χ2v) is 6.07. The number of anilines is 1. The predicted molar refractivity (Wildman–Crippen MR) is 90.1 cm³/mol. The number of thiazole rings is 1. The summed E-state index contributed by atoms with van der Waals surface area (Å²) in [6, 6.07) is 15.1. The minimum absolute atomic E-state index is 0.00504. The Kier molecular flexibility index (Phi) is 3.56. The fourth-order valence-electron chi connectivity index (χ4n) is 2.49. The van der Waals surface area contributed by atoms with Crippen LogP contribution in [0.25, 0.3) is 11.3 Å². The largest absolute Gasteiger partial charge is 0.433 e. The van der Waals surface area contributed by atoms with Crippen molar-refractivity contribution in [3.8, 4) is 11.3 Å². The molecule has 25 heavy (non-hydrogen) atoms. The van der Waals surface area contributed by atoms with Gasteiger partial charge in [0.05, 0.1) is 10.6 Å². The van der Waals surface area contributed by atoms with E-state index in [1.807, 2.05) is 0 Å². The van der Waals surface area contributed by atoms with Gasteiger partial charge in [-0.1, -0.05) is 24.3 Å². The van der Waals surface area contributed by atoms with E-state index in [9.17, 15) is 14.9 Å². The van der Waals surface area contributed by atoms with Crippen LogP contribution < -0.4 is 5.32 Å². The van der Waals surface area contributed by atoms with Crippen molar-refractivity contribution in [2.75, 3.05) is 5.32 Å². The summed E-state index contributed by atoms with van der Waals surface area (Å²) < 4.78 is 5.28. The number of benzene rings is 1. The zero-order valence-corrected chi connectivity index (χ0v) is 13.4. The molecule has 0 unspecified atom stereocenters. The van der Waals surface area contributed by atoms with Crippen molar-refractivity contribution >= 4 is 28.1 Å². The summed E-state index contributed by atoms with van der Waals surface area (Å²) in [5.74, 6) is -0.459. The lowest BCUT2D eigenvalue weighted by Gasteiger charge is -2.11. The van der Waals surface area contributed by atoms with Gasteiger partial charge in [-0.3, -0.25) is 10.1 Å². The van der Waals surface area contributed by atoms with E-state index in [4.69, 9.17) is 4.74 Å². The quantitative estimate of drug-likeness (QED) is 0.438. The van der Waals surface area contributed by atoms with Gasteiger partial charge in [-0.25, -0.2) is 9.78 Å². The number of carbonyl (C=O) groups excluding carboxylic acids is 1. The summed E-state index contributed by atoms with van der Waals surface area (Å²) in [4.78, 5) is 26.7. The molecule has 2 aromatic carbocycles. The van der Waals surface area contributed by atoms with Crippen molar-refractivity contribution in [2.45, 2.75) is 6.23 Å². The number of carbonyl (C=O) groups is 1. The number of aromatic nitrogens is 1. The smallest absolute Gasteiger partial charge is 0.349 e. The van der Waals surface area contributed by atoms with Crippen molar-refractivity contribution in [3.05, 3.63) is 75.2 Å². The van der Waals surface area contributed by atoms with Gasteiger partial charge in [0.15, 0.2) is 5.13 Å². The number of nitrogens with one attached hydrogen (secondary N) is 1.